The summed E-state index contributed by atoms with van der Waals surface area (Å²) in [5, 5.41) is 3.23. The van der Waals surface area contributed by atoms with Gasteiger partial charge in [-0.15, -0.1) is 0 Å². The van der Waals surface area contributed by atoms with E-state index in [0.717, 1.165) is 5.56 Å². The van der Waals surface area contributed by atoms with Crippen molar-refractivity contribution in [3.8, 4) is 0 Å². The first-order valence-electron chi connectivity index (χ1n) is 7.71. The fraction of sp³-hybridized carbons (Fsp3) is 0.529. The van der Waals surface area contributed by atoms with Crippen LogP contribution in [0.2, 0.25) is 0 Å². The Morgan fingerprint density at radius 3 is 2.50 bits per heavy atom. The van der Waals surface area contributed by atoms with E-state index in [1.54, 1.807) is 6.92 Å². The fourth-order valence-electron chi connectivity index (χ4n) is 2.74. The molecule has 1 aliphatic heterocycles. The minimum Gasteiger partial charge on any atom is -0.466 e. The number of esters is 2. The van der Waals surface area contributed by atoms with Crippen LogP contribution in [0.3, 0.4) is 0 Å². The summed E-state index contributed by atoms with van der Waals surface area (Å²) in [5.41, 5.74) is 0.973. The molecule has 1 aromatic rings. The number of rotatable bonds is 5. The highest BCUT2D eigenvalue weighted by atomic mass is 16.5. The summed E-state index contributed by atoms with van der Waals surface area (Å²) in [6.45, 7) is 5.73. The Labute approximate surface area is 131 Å². The van der Waals surface area contributed by atoms with Crippen molar-refractivity contribution in [1.29, 1.82) is 0 Å². The first-order valence-corrected chi connectivity index (χ1v) is 7.71. The molecule has 1 aromatic carbocycles. The van der Waals surface area contributed by atoms with Crippen molar-refractivity contribution in [2.75, 3.05) is 6.61 Å². The van der Waals surface area contributed by atoms with Crippen molar-refractivity contribution in [2.45, 2.75) is 45.4 Å². The largest absolute Gasteiger partial charge is 0.466 e. The van der Waals surface area contributed by atoms with Gasteiger partial charge in [-0.2, -0.15) is 0 Å². The summed E-state index contributed by atoms with van der Waals surface area (Å²) in [7, 11) is 0. The Morgan fingerprint density at radius 2 is 1.91 bits per heavy atom. The van der Waals surface area contributed by atoms with Gasteiger partial charge < -0.3 is 9.47 Å². The number of hydrogen-bond donors (Lipinski definition) is 1. The third-order valence-electron chi connectivity index (χ3n) is 3.66. The second-order valence-corrected chi connectivity index (χ2v) is 5.69. The van der Waals surface area contributed by atoms with E-state index in [2.05, 4.69) is 5.32 Å². The zero-order valence-corrected chi connectivity index (χ0v) is 13.2. The molecule has 1 N–H and O–H groups in total. The fourth-order valence-corrected chi connectivity index (χ4v) is 2.74. The van der Waals surface area contributed by atoms with Crippen LogP contribution in [0.25, 0.3) is 0 Å². The SMILES string of the molecule is CCOC(=O)[C@H]1CC(C(=O)OC(C)C)N[C@H]1c1ccccc1. The molecule has 0 radical (unpaired) electrons. The van der Waals surface area contributed by atoms with E-state index in [9.17, 15) is 9.59 Å². The third kappa shape index (κ3) is 3.85. The van der Waals surface area contributed by atoms with Gasteiger partial charge in [0.15, 0.2) is 0 Å². The van der Waals surface area contributed by atoms with Gasteiger partial charge in [-0.1, -0.05) is 30.3 Å². The van der Waals surface area contributed by atoms with Crippen LogP contribution in [-0.4, -0.2) is 30.7 Å². The molecule has 5 heteroatoms. The number of nitrogens with one attached hydrogen (secondary N) is 1. The monoisotopic (exact) mass is 305 g/mol. The molecule has 22 heavy (non-hydrogen) atoms. The molecule has 5 nitrogen and oxygen atoms in total. The molecule has 3 atom stereocenters. The Bertz CT molecular complexity index is 515. The molecular formula is C17H23NO4. The summed E-state index contributed by atoms with van der Waals surface area (Å²) in [4.78, 5) is 24.3. The summed E-state index contributed by atoms with van der Waals surface area (Å²) < 4.78 is 10.4. The highest BCUT2D eigenvalue weighted by Crippen LogP contribution is 2.34. The van der Waals surface area contributed by atoms with Gasteiger partial charge in [0.2, 0.25) is 0 Å². The maximum Gasteiger partial charge on any atom is 0.323 e. The molecular weight excluding hydrogens is 282 g/mol. The number of carbonyl (C=O) groups is 2. The average Bonchev–Trinajstić information content (AvgIpc) is 2.93. The van der Waals surface area contributed by atoms with Crippen LogP contribution in [0.1, 0.15) is 38.8 Å². The summed E-state index contributed by atoms with van der Waals surface area (Å²) >= 11 is 0. The summed E-state index contributed by atoms with van der Waals surface area (Å²) in [5.74, 6) is -0.974. The van der Waals surface area contributed by atoms with E-state index >= 15 is 0 Å². The maximum absolute atomic E-state index is 12.2. The van der Waals surface area contributed by atoms with Crippen LogP contribution in [0, 0.1) is 5.92 Å². The second-order valence-electron chi connectivity index (χ2n) is 5.69. The van der Waals surface area contributed by atoms with E-state index in [4.69, 9.17) is 9.47 Å². The molecule has 1 fully saturated rings. The maximum atomic E-state index is 12.2. The van der Waals surface area contributed by atoms with E-state index in [1.807, 2.05) is 44.2 Å². The number of hydrogen-bond acceptors (Lipinski definition) is 5. The highest BCUT2D eigenvalue weighted by Gasteiger charge is 2.43. The lowest BCUT2D eigenvalue weighted by atomic mass is 9.93. The van der Waals surface area contributed by atoms with Crippen LogP contribution >= 0.6 is 0 Å². The lowest BCUT2D eigenvalue weighted by molar-refractivity contribution is -0.150. The molecule has 0 amide bonds. The minimum atomic E-state index is -0.484. The average molecular weight is 305 g/mol. The van der Waals surface area contributed by atoms with E-state index in [-0.39, 0.29) is 30.0 Å². The standard InChI is InChI=1S/C17H23NO4/c1-4-21-16(19)13-10-14(17(20)22-11(2)3)18-15(13)12-8-6-5-7-9-12/h5-9,11,13-15,18H,4,10H2,1-3H3/t13-,14?,15-/m0/s1. The Hall–Kier alpha value is -1.88. The Morgan fingerprint density at radius 1 is 1.23 bits per heavy atom. The van der Waals surface area contributed by atoms with Gasteiger partial charge in [-0.05, 0) is 32.8 Å². The molecule has 2 rings (SSSR count). The van der Waals surface area contributed by atoms with Gasteiger partial charge >= 0.3 is 11.9 Å². The Balaban J connectivity index is 2.17. The number of benzene rings is 1. The van der Waals surface area contributed by atoms with Crippen LogP contribution < -0.4 is 5.32 Å². The smallest absolute Gasteiger partial charge is 0.323 e. The third-order valence-corrected chi connectivity index (χ3v) is 3.66. The number of carbonyl (C=O) groups excluding carboxylic acids is 2. The molecule has 1 heterocycles. The van der Waals surface area contributed by atoms with Gasteiger partial charge in [0.05, 0.1) is 18.6 Å². The lowest BCUT2D eigenvalue weighted by Crippen LogP contribution is -2.35. The molecule has 0 bridgehead atoms. The molecule has 1 unspecified atom stereocenters. The molecule has 0 spiro atoms. The second kappa shape index (κ2) is 7.40. The van der Waals surface area contributed by atoms with Crippen LogP contribution in [0.5, 0.6) is 0 Å². The van der Waals surface area contributed by atoms with Crippen LogP contribution in [0.4, 0.5) is 0 Å². The molecule has 1 saturated heterocycles. The van der Waals surface area contributed by atoms with Crippen molar-refractivity contribution in [1.82, 2.24) is 5.32 Å². The first-order chi connectivity index (χ1) is 10.5. The van der Waals surface area contributed by atoms with Gasteiger partial charge in [0, 0.05) is 6.04 Å². The molecule has 0 aromatic heterocycles. The molecule has 0 saturated carbocycles. The lowest BCUT2D eigenvalue weighted by Gasteiger charge is -2.18. The van der Waals surface area contributed by atoms with Gasteiger partial charge in [-0.3, -0.25) is 14.9 Å². The van der Waals surface area contributed by atoms with E-state index in [0.29, 0.717) is 13.0 Å². The quantitative estimate of drug-likeness (QED) is 0.845. The topological polar surface area (TPSA) is 64.6 Å². The zero-order valence-electron chi connectivity index (χ0n) is 13.2. The normalized spacial score (nSPS) is 24.3. The van der Waals surface area contributed by atoms with Crippen molar-refractivity contribution < 1.29 is 19.1 Å². The molecule has 120 valence electrons. The summed E-state index contributed by atoms with van der Waals surface area (Å²) in [6, 6.07) is 8.92. The van der Waals surface area contributed by atoms with E-state index < -0.39 is 6.04 Å². The van der Waals surface area contributed by atoms with Crippen molar-refractivity contribution >= 4 is 11.9 Å². The minimum absolute atomic E-state index is 0.175. The predicted octanol–water partition coefficient (Wildman–Crippen LogP) is 2.22. The van der Waals surface area contributed by atoms with Crippen LogP contribution in [-0.2, 0) is 19.1 Å². The van der Waals surface area contributed by atoms with Crippen molar-refractivity contribution in [3.05, 3.63) is 35.9 Å². The predicted molar refractivity (Wildman–Crippen MR) is 82.1 cm³/mol. The summed E-state index contributed by atoms with van der Waals surface area (Å²) in [6.07, 6.45) is 0.218. The first kappa shape index (κ1) is 16.5. The van der Waals surface area contributed by atoms with Gasteiger partial charge in [0.1, 0.15) is 6.04 Å². The number of ether oxygens (including phenoxy) is 2. The molecule has 1 aliphatic rings. The van der Waals surface area contributed by atoms with Crippen LogP contribution in [0.15, 0.2) is 30.3 Å². The van der Waals surface area contributed by atoms with Crippen molar-refractivity contribution in [3.63, 3.8) is 0 Å². The van der Waals surface area contributed by atoms with Crippen molar-refractivity contribution in [2.24, 2.45) is 5.92 Å². The van der Waals surface area contributed by atoms with E-state index in [1.165, 1.54) is 0 Å². The van der Waals surface area contributed by atoms with Gasteiger partial charge in [0.25, 0.3) is 0 Å². The van der Waals surface area contributed by atoms with Gasteiger partial charge in [-0.25, -0.2) is 0 Å². The highest BCUT2D eigenvalue weighted by molar-refractivity contribution is 5.80. The molecule has 0 aliphatic carbocycles. The zero-order chi connectivity index (χ0) is 16.1. The Kier molecular flexibility index (Phi) is 5.55.